The number of benzene rings is 1. The molecule has 9 heteroatoms. The molecule has 0 saturated carbocycles. The van der Waals surface area contributed by atoms with Gasteiger partial charge in [0.1, 0.15) is 5.75 Å². The number of nitrogens with one attached hydrogen (secondary N) is 1. The van der Waals surface area contributed by atoms with Crippen LogP contribution in [0.4, 0.5) is 0 Å². The second-order valence-electron chi connectivity index (χ2n) is 4.51. The fraction of sp³-hybridized carbons (Fsp3) is 0.357. The van der Waals surface area contributed by atoms with Crippen molar-refractivity contribution in [3.8, 4) is 17.1 Å². The molecule has 0 spiro atoms. The van der Waals surface area contributed by atoms with Gasteiger partial charge in [-0.05, 0) is 12.1 Å². The van der Waals surface area contributed by atoms with Crippen molar-refractivity contribution >= 4 is 17.7 Å². The second kappa shape index (κ2) is 8.39. The van der Waals surface area contributed by atoms with Gasteiger partial charge in [0.2, 0.25) is 11.1 Å². The van der Waals surface area contributed by atoms with Crippen molar-refractivity contribution in [2.24, 2.45) is 0 Å². The van der Waals surface area contributed by atoms with E-state index >= 15 is 0 Å². The van der Waals surface area contributed by atoms with E-state index in [-0.39, 0.29) is 11.7 Å². The molecule has 0 bridgehead atoms. The molecule has 0 aliphatic rings. The molecule has 2 rings (SSSR count). The highest BCUT2D eigenvalue weighted by Gasteiger charge is 2.16. The van der Waals surface area contributed by atoms with Gasteiger partial charge in [-0.15, -0.1) is 10.2 Å². The molecule has 124 valence electrons. The van der Waals surface area contributed by atoms with Gasteiger partial charge in [-0.1, -0.05) is 23.9 Å². The predicted octanol–water partition coefficient (Wildman–Crippen LogP) is 0.522. The predicted molar refractivity (Wildman–Crippen MR) is 87.8 cm³/mol. The molecule has 0 fully saturated rings. The lowest BCUT2D eigenvalue weighted by molar-refractivity contribution is -0.118. The van der Waals surface area contributed by atoms with Gasteiger partial charge in [-0.3, -0.25) is 4.79 Å². The zero-order chi connectivity index (χ0) is 16.7. The van der Waals surface area contributed by atoms with Gasteiger partial charge in [-0.25, -0.2) is 4.68 Å². The highest BCUT2D eigenvalue weighted by molar-refractivity contribution is 7.99. The van der Waals surface area contributed by atoms with Gasteiger partial charge in [0.05, 0.1) is 25.0 Å². The highest BCUT2D eigenvalue weighted by Crippen LogP contribution is 2.29. The van der Waals surface area contributed by atoms with Gasteiger partial charge < -0.3 is 20.6 Å². The molecule has 1 aromatic carbocycles. The number of hydrogen-bond acceptors (Lipinski definition) is 7. The minimum absolute atomic E-state index is 0.117. The Morgan fingerprint density at radius 1 is 1.35 bits per heavy atom. The monoisotopic (exact) mass is 337 g/mol. The summed E-state index contributed by atoms with van der Waals surface area (Å²) in [5.74, 6) is 7.24. The number of rotatable bonds is 8. The average Bonchev–Trinajstić information content (AvgIpc) is 2.94. The first-order valence-corrected chi connectivity index (χ1v) is 7.88. The first kappa shape index (κ1) is 17.1. The maximum absolute atomic E-state index is 11.7. The fourth-order valence-electron chi connectivity index (χ4n) is 1.86. The number of hydrogen-bond donors (Lipinski definition) is 2. The molecule has 2 aromatic rings. The minimum atomic E-state index is -0.117. The smallest absolute Gasteiger partial charge is 0.230 e. The summed E-state index contributed by atoms with van der Waals surface area (Å²) in [4.78, 5) is 11.7. The third-order valence-corrected chi connectivity index (χ3v) is 3.92. The van der Waals surface area contributed by atoms with E-state index in [2.05, 4.69) is 15.5 Å². The van der Waals surface area contributed by atoms with Crippen molar-refractivity contribution in [2.75, 3.05) is 39.0 Å². The summed E-state index contributed by atoms with van der Waals surface area (Å²) in [6, 6.07) is 7.39. The number of thioether (sulfide) groups is 1. The van der Waals surface area contributed by atoms with Crippen molar-refractivity contribution in [2.45, 2.75) is 5.16 Å². The molecule has 8 nitrogen and oxygen atoms in total. The van der Waals surface area contributed by atoms with Crippen LogP contribution in [0.5, 0.6) is 5.75 Å². The number of carbonyl (C=O) groups is 1. The summed E-state index contributed by atoms with van der Waals surface area (Å²) in [6.45, 7) is 0.944. The van der Waals surface area contributed by atoms with Gasteiger partial charge in [0, 0.05) is 13.7 Å². The number of carbonyl (C=O) groups excluding carboxylic acids is 1. The lowest BCUT2D eigenvalue weighted by Gasteiger charge is -2.08. The molecular weight excluding hydrogens is 318 g/mol. The Bertz CT molecular complexity index is 662. The summed E-state index contributed by atoms with van der Waals surface area (Å²) >= 11 is 1.21. The molecule has 1 heterocycles. The Kier molecular flexibility index (Phi) is 6.24. The number of methoxy groups -OCH3 is 2. The topological polar surface area (TPSA) is 104 Å². The Morgan fingerprint density at radius 3 is 2.87 bits per heavy atom. The zero-order valence-electron chi connectivity index (χ0n) is 13.0. The van der Waals surface area contributed by atoms with Crippen LogP contribution in [0.2, 0.25) is 0 Å². The molecule has 1 amide bonds. The third kappa shape index (κ3) is 4.36. The molecule has 0 aliphatic heterocycles. The number of nitrogen functional groups attached to an aromatic ring is 1. The van der Waals surface area contributed by atoms with Crippen LogP contribution in [0.3, 0.4) is 0 Å². The first-order chi connectivity index (χ1) is 11.2. The minimum Gasteiger partial charge on any atom is -0.496 e. The van der Waals surface area contributed by atoms with Crippen molar-refractivity contribution in [1.82, 2.24) is 20.2 Å². The lowest BCUT2D eigenvalue weighted by Crippen LogP contribution is -2.28. The van der Waals surface area contributed by atoms with Gasteiger partial charge in [-0.2, -0.15) is 0 Å². The standard InChI is InChI=1S/C14H19N5O3S/c1-21-8-7-16-12(20)9-23-14-18-17-13(19(14)15)10-5-3-4-6-11(10)22-2/h3-6H,7-9,15H2,1-2H3,(H,16,20). The van der Waals surface area contributed by atoms with Crippen LogP contribution in [0.25, 0.3) is 11.4 Å². The van der Waals surface area contributed by atoms with Crippen molar-refractivity contribution < 1.29 is 14.3 Å². The van der Waals surface area contributed by atoms with E-state index in [9.17, 15) is 4.79 Å². The van der Waals surface area contributed by atoms with E-state index in [1.807, 2.05) is 24.3 Å². The van der Waals surface area contributed by atoms with Crippen LogP contribution in [0.15, 0.2) is 29.4 Å². The first-order valence-electron chi connectivity index (χ1n) is 6.89. The molecule has 0 aliphatic carbocycles. The van der Waals surface area contributed by atoms with E-state index in [1.165, 1.54) is 16.4 Å². The summed E-state index contributed by atoms with van der Waals surface area (Å²) in [5, 5.41) is 11.3. The number of nitrogens with zero attached hydrogens (tertiary/aromatic N) is 3. The van der Waals surface area contributed by atoms with E-state index in [4.69, 9.17) is 15.3 Å². The maximum Gasteiger partial charge on any atom is 0.230 e. The fourth-order valence-corrected chi connectivity index (χ4v) is 2.55. The third-order valence-electron chi connectivity index (χ3n) is 2.97. The molecule has 0 saturated heterocycles. The molecule has 3 N–H and O–H groups in total. The van der Waals surface area contributed by atoms with Crippen LogP contribution in [-0.2, 0) is 9.53 Å². The molecule has 1 aromatic heterocycles. The summed E-state index contributed by atoms with van der Waals surface area (Å²) in [7, 11) is 3.16. The number of nitrogens with two attached hydrogens (primary N) is 1. The molecule has 0 unspecified atom stereocenters. The lowest BCUT2D eigenvalue weighted by atomic mass is 10.2. The highest BCUT2D eigenvalue weighted by atomic mass is 32.2. The number of amides is 1. The maximum atomic E-state index is 11.7. The van der Waals surface area contributed by atoms with Crippen LogP contribution in [0, 0.1) is 0 Å². The summed E-state index contributed by atoms with van der Waals surface area (Å²) in [5.41, 5.74) is 0.737. The van der Waals surface area contributed by atoms with E-state index in [0.717, 1.165) is 5.56 Å². The van der Waals surface area contributed by atoms with Crippen LogP contribution in [-0.4, -0.2) is 53.9 Å². The Balaban J connectivity index is 2.03. The van der Waals surface area contributed by atoms with E-state index in [0.29, 0.717) is 29.9 Å². The van der Waals surface area contributed by atoms with E-state index < -0.39 is 0 Å². The number of aromatic nitrogens is 3. The van der Waals surface area contributed by atoms with Gasteiger partial charge in [0.15, 0.2) is 5.82 Å². The Labute approximate surface area is 138 Å². The molecule has 0 radical (unpaired) electrons. The summed E-state index contributed by atoms with van der Waals surface area (Å²) in [6.07, 6.45) is 0. The Hall–Kier alpha value is -2.26. The largest absolute Gasteiger partial charge is 0.496 e. The van der Waals surface area contributed by atoms with Crippen LogP contribution >= 0.6 is 11.8 Å². The van der Waals surface area contributed by atoms with Crippen molar-refractivity contribution in [3.05, 3.63) is 24.3 Å². The molecule has 0 atom stereocenters. The number of ether oxygens (including phenoxy) is 2. The van der Waals surface area contributed by atoms with Crippen molar-refractivity contribution in [1.29, 1.82) is 0 Å². The van der Waals surface area contributed by atoms with E-state index in [1.54, 1.807) is 14.2 Å². The average molecular weight is 337 g/mol. The zero-order valence-corrected chi connectivity index (χ0v) is 13.8. The quantitative estimate of drug-likeness (QED) is 0.411. The Morgan fingerprint density at radius 2 is 2.13 bits per heavy atom. The number of para-hydroxylation sites is 1. The van der Waals surface area contributed by atoms with Gasteiger partial charge in [0.25, 0.3) is 0 Å². The van der Waals surface area contributed by atoms with Crippen molar-refractivity contribution in [3.63, 3.8) is 0 Å². The normalized spacial score (nSPS) is 10.5. The van der Waals surface area contributed by atoms with Crippen LogP contribution in [0.1, 0.15) is 0 Å². The van der Waals surface area contributed by atoms with Crippen LogP contribution < -0.4 is 15.9 Å². The molecule has 23 heavy (non-hydrogen) atoms. The summed E-state index contributed by atoms with van der Waals surface area (Å²) < 4.78 is 11.5. The van der Waals surface area contributed by atoms with Gasteiger partial charge >= 0.3 is 0 Å². The SMILES string of the molecule is COCCNC(=O)CSc1nnc(-c2ccccc2OC)n1N. The second-order valence-corrected chi connectivity index (χ2v) is 5.45. The molecular formula is C14H19N5O3S.